The Morgan fingerprint density at radius 1 is 0.920 bits per heavy atom. The number of hydrogen-bond donors (Lipinski definition) is 2. The average molecular weight is 688 g/mol. The Bertz CT molecular complexity index is 1780. The molecule has 2 atom stereocenters. The zero-order chi connectivity index (χ0) is 35.8. The molecule has 262 valence electrons. The Kier molecular flexibility index (Phi) is 11.6. The number of carbonyl (C=O) groups is 3. The van der Waals surface area contributed by atoms with Crippen LogP contribution in [0.5, 0.6) is 5.75 Å². The highest BCUT2D eigenvalue weighted by Gasteiger charge is 2.37. The number of nitrogens with one attached hydrogen (secondary N) is 2. The maximum absolute atomic E-state index is 14.7. The van der Waals surface area contributed by atoms with E-state index in [4.69, 9.17) is 9.47 Å². The number of alkyl halides is 3. The van der Waals surface area contributed by atoms with E-state index in [2.05, 4.69) is 10.6 Å². The number of methoxy groups -OCH3 is 1. The lowest BCUT2D eigenvalue weighted by Crippen LogP contribution is -2.49. The van der Waals surface area contributed by atoms with Crippen LogP contribution < -0.4 is 15.4 Å². The van der Waals surface area contributed by atoms with Crippen LogP contribution in [0, 0.1) is 0 Å². The average Bonchev–Trinajstić information content (AvgIpc) is 3.11. The molecule has 0 radical (unpaired) electrons. The molecule has 0 bridgehead atoms. The second-order valence-electron chi connectivity index (χ2n) is 12.5. The highest BCUT2D eigenvalue weighted by molar-refractivity contribution is 5.90. The first-order chi connectivity index (χ1) is 23.9. The Morgan fingerprint density at radius 3 is 2.24 bits per heavy atom. The van der Waals surface area contributed by atoms with Crippen molar-refractivity contribution >= 4 is 17.8 Å². The van der Waals surface area contributed by atoms with Gasteiger partial charge in [-0.05, 0) is 77.9 Å². The molecule has 0 fully saturated rings. The predicted octanol–water partition coefficient (Wildman–Crippen LogP) is 6.80. The third kappa shape index (κ3) is 9.09. The molecular weight excluding hydrogens is 647 g/mol. The van der Waals surface area contributed by atoms with Crippen LogP contribution in [-0.2, 0) is 38.3 Å². The van der Waals surface area contributed by atoms with E-state index < -0.39 is 35.7 Å². The topological polar surface area (TPSA) is 97.0 Å². The van der Waals surface area contributed by atoms with Crippen LogP contribution in [-0.4, -0.2) is 48.9 Å². The molecule has 0 aliphatic carbocycles. The van der Waals surface area contributed by atoms with Gasteiger partial charge >= 0.3 is 12.1 Å². The lowest BCUT2D eigenvalue weighted by atomic mass is 9.91. The lowest BCUT2D eigenvalue weighted by Gasteiger charge is -2.36. The minimum atomic E-state index is -4.43. The van der Waals surface area contributed by atoms with Crippen molar-refractivity contribution in [3.63, 3.8) is 0 Å². The number of nitrogens with zero attached hydrogens (tertiary/aromatic N) is 1. The standard InChI is InChI=1S/C39H40F3N3O5/c1-25(2)44-35(46)23-45(34(22-36(47)49-3)30-13-11-28(12-14-30)27-7-5-4-6-8-27)38(48)37-33-21-32(18-15-29(33)19-20-43-37)50-24-26-9-16-31(17-10-26)39(40,41)42/h4-18,21,25,34,37,43H,19-20,22-24H2,1-3H3,(H,44,46). The van der Waals surface area contributed by atoms with Gasteiger partial charge in [-0.25, -0.2) is 0 Å². The molecule has 1 aliphatic heterocycles. The summed E-state index contributed by atoms with van der Waals surface area (Å²) < 4.78 is 50.0. The molecule has 2 N–H and O–H groups in total. The van der Waals surface area contributed by atoms with Crippen LogP contribution in [0.1, 0.15) is 60.2 Å². The monoisotopic (exact) mass is 687 g/mol. The van der Waals surface area contributed by atoms with Gasteiger partial charge in [0, 0.05) is 12.6 Å². The quantitative estimate of drug-likeness (QED) is 0.159. The molecule has 2 unspecified atom stereocenters. The molecule has 0 spiro atoms. The fraction of sp³-hybridized carbons (Fsp3) is 0.308. The summed E-state index contributed by atoms with van der Waals surface area (Å²) in [6.45, 7) is 3.85. The van der Waals surface area contributed by atoms with Gasteiger partial charge in [-0.3, -0.25) is 14.4 Å². The summed E-state index contributed by atoms with van der Waals surface area (Å²) in [4.78, 5) is 42.1. The number of amides is 2. The van der Waals surface area contributed by atoms with Gasteiger partial charge in [0.25, 0.3) is 0 Å². The van der Waals surface area contributed by atoms with Crippen LogP contribution >= 0.6 is 0 Å². The Morgan fingerprint density at radius 2 is 1.60 bits per heavy atom. The largest absolute Gasteiger partial charge is 0.489 e. The number of carbonyl (C=O) groups excluding carboxylic acids is 3. The van der Waals surface area contributed by atoms with Crippen molar-refractivity contribution in [1.29, 1.82) is 0 Å². The predicted molar refractivity (Wildman–Crippen MR) is 183 cm³/mol. The van der Waals surface area contributed by atoms with Crippen molar-refractivity contribution in [3.05, 3.63) is 125 Å². The molecule has 0 saturated carbocycles. The summed E-state index contributed by atoms with van der Waals surface area (Å²) in [5.74, 6) is -0.906. The van der Waals surface area contributed by atoms with E-state index >= 15 is 0 Å². The molecule has 5 rings (SSSR count). The summed E-state index contributed by atoms with van der Waals surface area (Å²) in [6, 6.07) is 25.6. The number of rotatable bonds is 12. The maximum atomic E-state index is 14.7. The van der Waals surface area contributed by atoms with Crippen molar-refractivity contribution in [3.8, 4) is 16.9 Å². The highest BCUT2D eigenvalue weighted by atomic mass is 19.4. The second-order valence-corrected chi connectivity index (χ2v) is 12.5. The number of fused-ring (bicyclic) bond motifs is 1. The van der Waals surface area contributed by atoms with Crippen LogP contribution in [0.3, 0.4) is 0 Å². The Hall–Kier alpha value is -5.16. The minimum absolute atomic E-state index is 0.0185. The van der Waals surface area contributed by atoms with E-state index in [1.54, 1.807) is 12.1 Å². The molecule has 4 aromatic carbocycles. The van der Waals surface area contributed by atoms with E-state index in [1.807, 2.05) is 74.5 Å². The van der Waals surface area contributed by atoms with Gasteiger partial charge in [0.05, 0.1) is 25.1 Å². The molecule has 50 heavy (non-hydrogen) atoms. The van der Waals surface area contributed by atoms with Crippen molar-refractivity contribution in [2.24, 2.45) is 0 Å². The third-order valence-corrected chi connectivity index (χ3v) is 8.52. The molecule has 4 aromatic rings. The van der Waals surface area contributed by atoms with Gasteiger partial charge in [0.15, 0.2) is 0 Å². The van der Waals surface area contributed by atoms with Crippen molar-refractivity contribution in [1.82, 2.24) is 15.5 Å². The third-order valence-electron chi connectivity index (χ3n) is 8.52. The first-order valence-electron chi connectivity index (χ1n) is 16.4. The summed E-state index contributed by atoms with van der Waals surface area (Å²) >= 11 is 0. The molecule has 1 heterocycles. The molecule has 0 aromatic heterocycles. The van der Waals surface area contributed by atoms with E-state index in [-0.39, 0.29) is 31.5 Å². The zero-order valence-corrected chi connectivity index (χ0v) is 28.1. The minimum Gasteiger partial charge on any atom is -0.489 e. The normalized spacial score (nSPS) is 14.7. The van der Waals surface area contributed by atoms with Gasteiger partial charge < -0.3 is 25.0 Å². The second kappa shape index (κ2) is 16.0. The fourth-order valence-electron chi connectivity index (χ4n) is 6.00. The maximum Gasteiger partial charge on any atom is 0.416 e. The van der Waals surface area contributed by atoms with Crippen LogP contribution in [0.15, 0.2) is 97.1 Å². The van der Waals surface area contributed by atoms with E-state index in [0.29, 0.717) is 35.4 Å². The first-order valence-corrected chi connectivity index (χ1v) is 16.4. The van der Waals surface area contributed by atoms with Gasteiger partial charge in [-0.2, -0.15) is 13.2 Å². The number of benzene rings is 4. The van der Waals surface area contributed by atoms with Gasteiger partial charge in [-0.1, -0.05) is 72.8 Å². The number of hydrogen-bond acceptors (Lipinski definition) is 6. The highest BCUT2D eigenvalue weighted by Crippen LogP contribution is 2.34. The van der Waals surface area contributed by atoms with Crippen LogP contribution in [0.4, 0.5) is 13.2 Å². The van der Waals surface area contributed by atoms with E-state index in [9.17, 15) is 27.6 Å². The zero-order valence-electron chi connectivity index (χ0n) is 28.1. The summed E-state index contributed by atoms with van der Waals surface area (Å²) in [5.41, 5.74) is 3.98. The van der Waals surface area contributed by atoms with Gasteiger partial charge in [-0.15, -0.1) is 0 Å². The number of esters is 1. The summed E-state index contributed by atoms with van der Waals surface area (Å²) in [5, 5.41) is 6.15. The van der Waals surface area contributed by atoms with Crippen LogP contribution in [0.25, 0.3) is 11.1 Å². The van der Waals surface area contributed by atoms with Crippen molar-refractivity contribution in [2.75, 3.05) is 20.2 Å². The Balaban J connectivity index is 1.45. The molecule has 0 saturated heterocycles. The van der Waals surface area contributed by atoms with E-state index in [1.165, 1.54) is 24.1 Å². The lowest BCUT2D eigenvalue weighted by molar-refractivity contribution is -0.146. The van der Waals surface area contributed by atoms with Gasteiger partial charge in [0.1, 0.15) is 24.9 Å². The van der Waals surface area contributed by atoms with Crippen molar-refractivity contribution < 1.29 is 37.0 Å². The Labute approximate surface area is 289 Å². The number of ether oxygens (including phenoxy) is 2. The van der Waals surface area contributed by atoms with Gasteiger partial charge in [0.2, 0.25) is 11.8 Å². The van der Waals surface area contributed by atoms with Crippen LogP contribution in [0.2, 0.25) is 0 Å². The van der Waals surface area contributed by atoms with E-state index in [0.717, 1.165) is 28.8 Å². The first kappa shape index (κ1) is 36.1. The molecule has 8 nitrogen and oxygen atoms in total. The van der Waals surface area contributed by atoms with Crippen molar-refractivity contribution in [2.45, 2.75) is 57.6 Å². The smallest absolute Gasteiger partial charge is 0.416 e. The summed E-state index contributed by atoms with van der Waals surface area (Å²) in [7, 11) is 1.28. The molecular formula is C39H40F3N3O5. The molecule has 11 heteroatoms. The molecule has 1 aliphatic rings. The fourth-order valence-corrected chi connectivity index (χ4v) is 6.00. The number of halogens is 3. The SMILES string of the molecule is COC(=O)CC(c1ccc(-c2ccccc2)cc1)N(CC(=O)NC(C)C)C(=O)C1NCCc2ccc(OCc3ccc(C(F)(F)F)cc3)cc21. The molecule has 2 amide bonds. The summed E-state index contributed by atoms with van der Waals surface area (Å²) in [6.07, 6.45) is -3.98.